The molecule has 1 aliphatic heterocycles. The van der Waals surface area contributed by atoms with E-state index in [0.29, 0.717) is 6.42 Å². The maximum atomic E-state index is 12.4. The number of nitrogens with one attached hydrogen (secondary N) is 1. The van der Waals surface area contributed by atoms with E-state index < -0.39 is 0 Å². The van der Waals surface area contributed by atoms with Crippen molar-refractivity contribution in [2.75, 3.05) is 36.5 Å². The van der Waals surface area contributed by atoms with Gasteiger partial charge in [0.15, 0.2) is 0 Å². The molecule has 4 heteroatoms. The largest absolute Gasteiger partial charge is 0.326 e. The molecule has 0 unspecified atom stereocenters. The van der Waals surface area contributed by atoms with Crippen LogP contribution in [-0.4, -0.2) is 41.9 Å². The lowest BCUT2D eigenvalue weighted by molar-refractivity contribution is -0.115. The molecule has 144 valence electrons. The lowest BCUT2D eigenvalue weighted by Crippen LogP contribution is -2.34. The van der Waals surface area contributed by atoms with Crippen molar-refractivity contribution >= 4 is 34.1 Å². The maximum absolute atomic E-state index is 12.4. The zero-order valence-corrected chi connectivity index (χ0v) is 16.9. The first-order valence-corrected chi connectivity index (χ1v) is 11.1. The quantitative estimate of drug-likeness (QED) is 0.667. The molecule has 1 heterocycles. The zero-order valence-electron chi connectivity index (χ0n) is 16.1. The predicted octanol–water partition coefficient (Wildman–Crippen LogP) is 4.61. The van der Waals surface area contributed by atoms with Gasteiger partial charge in [0.25, 0.3) is 0 Å². The molecule has 0 aromatic heterocycles. The molecule has 1 fully saturated rings. The van der Waals surface area contributed by atoms with Crippen LogP contribution >= 0.6 is 11.8 Å². The van der Waals surface area contributed by atoms with E-state index in [4.69, 9.17) is 0 Å². The van der Waals surface area contributed by atoms with Crippen molar-refractivity contribution in [2.45, 2.75) is 12.8 Å². The molecule has 1 N–H and O–H groups in total. The molecule has 0 bridgehead atoms. The molecule has 28 heavy (non-hydrogen) atoms. The fourth-order valence-corrected chi connectivity index (χ4v) is 4.58. The first-order chi connectivity index (χ1) is 13.8. The molecule has 4 rings (SSSR count). The van der Waals surface area contributed by atoms with Gasteiger partial charge in [-0.2, -0.15) is 11.8 Å². The van der Waals surface area contributed by atoms with Crippen LogP contribution in [0.25, 0.3) is 10.8 Å². The van der Waals surface area contributed by atoms with Gasteiger partial charge in [-0.15, -0.1) is 0 Å². The van der Waals surface area contributed by atoms with Crippen molar-refractivity contribution in [3.63, 3.8) is 0 Å². The Morgan fingerprint density at radius 1 is 0.893 bits per heavy atom. The van der Waals surface area contributed by atoms with Crippen molar-refractivity contribution in [1.82, 2.24) is 4.90 Å². The highest BCUT2D eigenvalue weighted by Gasteiger charge is 2.10. The molecule has 1 saturated heterocycles. The van der Waals surface area contributed by atoms with Gasteiger partial charge in [-0.3, -0.25) is 4.79 Å². The summed E-state index contributed by atoms with van der Waals surface area (Å²) in [6.07, 6.45) is 1.45. The molecule has 3 aromatic rings. The Morgan fingerprint density at radius 2 is 1.61 bits per heavy atom. The molecule has 1 amide bonds. The number of carbonyl (C=O) groups excluding carboxylic acids is 1. The molecular weight excluding hydrogens is 364 g/mol. The fraction of sp³-hybridized carbons (Fsp3) is 0.292. The summed E-state index contributed by atoms with van der Waals surface area (Å²) < 4.78 is 0. The number of thioether (sulfide) groups is 1. The van der Waals surface area contributed by atoms with E-state index in [0.717, 1.165) is 24.2 Å². The fourth-order valence-electron chi connectivity index (χ4n) is 3.61. The standard InChI is InChI=1S/C24H26N2OS/c27-24(18-20-5-8-21-3-1-2-4-22(21)17-20)25-23-9-6-19(7-10-23)11-12-26-13-15-28-16-14-26/h1-10,17H,11-16,18H2,(H,25,27). The van der Waals surface area contributed by atoms with E-state index in [9.17, 15) is 4.79 Å². The summed E-state index contributed by atoms with van der Waals surface area (Å²) in [5, 5.41) is 5.39. The minimum Gasteiger partial charge on any atom is -0.326 e. The van der Waals surface area contributed by atoms with E-state index in [-0.39, 0.29) is 5.91 Å². The lowest BCUT2D eigenvalue weighted by atomic mass is 10.0. The van der Waals surface area contributed by atoms with Crippen LogP contribution in [0, 0.1) is 0 Å². The second-order valence-corrected chi connectivity index (χ2v) is 8.53. The summed E-state index contributed by atoms with van der Waals surface area (Å²) >= 11 is 2.05. The first kappa shape index (κ1) is 19.0. The van der Waals surface area contributed by atoms with Gasteiger partial charge < -0.3 is 10.2 Å². The van der Waals surface area contributed by atoms with Gasteiger partial charge in [0.1, 0.15) is 0 Å². The number of hydrogen-bond acceptors (Lipinski definition) is 3. The Morgan fingerprint density at radius 3 is 2.39 bits per heavy atom. The van der Waals surface area contributed by atoms with Gasteiger partial charge in [-0.25, -0.2) is 0 Å². The van der Waals surface area contributed by atoms with Gasteiger partial charge in [-0.1, -0.05) is 54.6 Å². The third kappa shape index (κ3) is 5.15. The first-order valence-electron chi connectivity index (χ1n) is 9.93. The van der Waals surface area contributed by atoms with E-state index in [1.807, 2.05) is 42.1 Å². The van der Waals surface area contributed by atoms with Crippen molar-refractivity contribution in [3.05, 3.63) is 77.9 Å². The summed E-state index contributed by atoms with van der Waals surface area (Å²) in [5.41, 5.74) is 3.22. The highest BCUT2D eigenvalue weighted by atomic mass is 32.2. The zero-order chi connectivity index (χ0) is 19.2. The van der Waals surface area contributed by atoms with E-state index in [2.05, 4.69) is 46.6 Å². The van der Waals surface area contributed by atoms with Crippen LogP contribution in [0.4, 0.5) is 5.69 Å². The van der Waals surface area contributed by atoms with Crippen LogP contribution < -0.4 is 5.32 Å². The number of hydrogen-bond donors (Lipinski definition) is 1. The summed E-state index contributed by atoms with van der Waals surface area (Å²) in [5.74, 6) is 2.53. The second kappa shape index (κ2) is 9.26. The number of carbonyl (C=O) groups is 1. The minimum atomic E-state index is 0.0221. The molecule has 3 nitrogen and oxygen atoms in total. The number of anilines is 1. The Hall–Kier alpha value is -2.30. The van der Waals surface area contributed by atoms with Crippen LogP contribution in [0.2, 0.25) is 0 Å². The third-order valence-electron chi connectivity index (χ3n) is 5.24. The predicted molar refractivity (Wildman–Crippen MR) is 120 cm³/mol. The normalized spacial score (nSPS) is 14.9. The second-order valence-electron chi connectivity index (χ2n) is 7.31. The van der Waals surface area contributed by atoms with Gasteiger partial charge >= 0.3 is 0 Å². The SMILES string of the molecule is O=C(Cc1ccc2ccccc2c1)Nc1ccc(CCN2CCSCC2)cc1. The topological polar surface area (TPSA) is 32.3 Å². The minimum absolute atomic E-state index is 0.0221. The molecule has 0 radical (unpaired) electrons. The van der Waals surface area contributed by atoms with Crippen LogP contribution in [0.1, 0.15) is 11.1 Å². The van der Waals surface area contributed by atoms with Crippen molar-refractivity contribution in [3.8, 4) is 0 Å². The average Bonchev–Trinajstić information content (AvgIpc) is 2.74. The number of nitrogens with zero attached hydrogens (tertiary/aromatic N) is 1. The van der Waals surface area contributed by atoms with Gasteiger partial charge in [0.2, 0.25) is 5.91 Å². The number of fused-ring (bicyclic) bond motifs is 1. The van der Waals surface area contributed by atoms with Gasteiger partial charge in [0, 0.05) is 36.8 Å². The van der Waals surface area contributed by atoms with Gasteiger partial charge in [-0.05, 0) is 40.5 Å². The molecule has 3 aromatic carbocycles. The average molecular weight is 391 g/mol. The molecule has 0 atom stereocenters. The monoisotopic (exact) mass is 390 g/mol. The van der Waals surface area contributed by atoms with Crippen LogP contribution in [0.3, 0.4) is 0 Å². The number of benzene rings is 3. The van der Waals surface area contributed by atoms with Crippen LogP contribution in [0.15, 0.2) is 66.7 Å². The summed E-state index contributed by atoms with van der Waals surface area (Å²) in [7, 11) is 0. The Balaban J connectivity index is 1.29. The third-order valence-corrected chi connectivity index (χ3v) is 6.18. The maximum Gasteiger partial charge on any atom is 0.228 e. The Bertz CT molecular complexity index is 933. The van der Waals surface area contributed by atoms with Crippen LogP contribution in [0.5, 0.6) is 0 Å². The highest BCUT2D eigenvalue weighted by Crippen LogP contribution is 2.17. The van der Waals surface area contributed by atoms with Crippen molar-refractivity contribution < 1.29 is 4.79 Å². The van der Waals surface area contributed by atoms with Crippen molar-refractivity contribution in [2.24, 2.45) is 0 Å². The number of amides is 1. The molecule has 0 saturated carbocycles. The molecular formula is C24H26N2OS. The van der Waals surface area contributed by atoms with Gasteiger partial charge in [0.05, 0.1) is 6.42 Å². The molecule has 1 aliphatic rings. The highest BCUT2D eigenvalue weighted by molar-refractivity contribution is 7.99. The van der Waals surface area contributed by atoms with E-state index in [1.54, 1.807) is 0 Å². The summed E-state index contributed by atoms with van der Waals surface area (Å²) in [4.78, 5) is 15.0. The summed E-state index contributed by atoms with van der Waals surface area (Å²) in [6, 6.07) is 22.7. The van der Waals surface area contributed by atoms with E-state index in [1.165, 1.54) is 40.9 Å². The molecule has 0 spiro atoms. The number of rotatable bonds is 6. The summed E-state index contributed by atoms with van der Waals surface area (Å²) in [6.45, 7) is 3.52. The van der Waals surface area contributed by atoms with Crippen molar-refractivity contribution in [1.29, 1.82) is 0 Å². The van der Waals surface area contributed by atoms with Crippen LogP contribution in [-0.2, 0) is 17.6 Å². The lowest BCUT2D eigenvalue weighted by Gasteiger charge is -2.26. The molecule has 0 aliphatic carbocycles. The Labute approximate surface area is 171 Å². The Kier molecular flexibility index (Phi) is 6.30. The van der Waals surface area contributed by atoms with E-state index >= 15 is 0 Å². The smallest absolute Gasteiger partial charge is 0.228 e.